The molecule has 0 bridgehead atoms. The molecule has 0 N–H and O–H groups in total. The van der Waals surface area contributed by atoms with E-state index in [0.717, 1.165) is 31.9 Å². The molecular weight excluding hydrogens is 264 g/mol. The van der Waals surface area contributed by atoms with E-state index in [1.54, 1.807) is 0 Å². The van der Waals surface area contributed by atoms with E-state index in [9.17, 15) is 0 Å². The van der Waals surface area contributed by atoms with E-state index in [4.69, 9.17) is 16.3 Å². The first kappa shape index (κ1) is 12.3. The van der Waals surface area contributed by atoms with Gasteiger partial charge >= 0.3 is 0 Å². The van der Waals surface area contributed by atoms with Crippen LogP contribution in [0.4, 0.5) is 5.69 Å². The molecule has 19 heavy (non-hydrogen) atoms. The summed E-state index contributed by atoms with van der Waals surface area (Å²) in [6, 6.07) is 8.13. The van der Waals surface area contributed by atoms with Crippen molar-refractivity contribution in [1.82, 2.24) is 15.0 Å². The Kier molecular flexibility index (Phi) is 3.57. The molecule has 2 aromatic rings. The van der Waals surface area contributed by atoms with Crippen molar-refractivity contribution in [3.05, 3.63) is 35.9 Å². The van der Waals surface area contributed by atoms with Gasteiger partial charge in [-0.25, -0.2) is 9.97 Å². The van der Waals surface area contributed by atoms with Crippen LogP contribution in [-0.4, -0.2) is 41.3 Å². The number of hydrogen-bond donors (Lipinski definition) is 0. The predicted molar refractivity (Wildman–Crippen MR) is 73.3 cm³/mol. The van der Waals surface area contributed by atoms with Crippen LogP contribution in [0.2, 0.25) is 5.28 Å². The highest BCUT2D eigenvalue weighted by atomic mass is 35.5. The monoisotopic (exact) mass is 276 g/mol. The number of anilines is 1. The number of halogens is 1. The summed E-state index contributed by atoms with van der Waals surface area (Å²) >= 11 is 5.76. The van der Waals surface area contributed by atoms with E-state index in [-0.39, 0.29) is 5.28 Å². The summed E-state index contributed by atoms with van der Waals surface area (Å²) in [5, 5.41) is 0.210. The first-order chi connectivity index (χ1) is 9.33. The van der Waals surface area contributed by atoms with Gasteiger partial charge in [-0.15, -0.1) is 0 Å². The van der Waals surface area contributed by atoms with E-state index in [1.807, 2.05) is 12.1 Å². The molecule has 0 amide bonds. The molecule has 1 aromatic carbocycles. The second-order valence-electron chi connectivity index (χ2n) is 4.22. The summed E-state index contributed by atoms with van der Waals surface area (Å²) in [5.41, 5.74) is 2.12. The fourth-order valence-corrected chi connectivity index (χ4v) is 2.18. The van der Waals surface area contributed by atoms with Crippen LogP contribution < -0.4 is 4.90 Å². The summed E-state index contributed by atoms with van der Waals surface area (Å²) < 4.78 is 5.34. The lowest BCUT2D eigenvalue weighted by molar-refractivity contribution is 0.122. The summed E-state index contributed by atoms with van der Waals surface area (Å²) in [4.78, 5) is 14.3. The molecule has 1 aliphatic heterocycles. The Morgan fingerprint density at radius 3 is 2.47 bits per heavy atom. The average molecular weight is 277 g/mol. The number of benzene rings is 1. The molecule has 1 fully saturated rings. The highest BCUT2D eigenvalue weighted by molar-refractivity contribution is 6.28. The van der Waals surface area contributed by atoms with Gasteiger partial charge in [-0.3, -0.25) is 0 Å². The second kappa shape index (κ2) is 5.50. The van der Waals surface area contributed by atoms with Gasteiger partial charge in [0, 0.05) is 24.3 Å². The number of hydrogen-bond acceptors (Lipinski definition) is 5. The molecule has 0 atom stereocenters. The molecule has 0 saturated carbocycles. The molecule has 2 heterocycles. The van der Waals surface area contributed by atoms with Crippen molar-refractivity contribution in [3.8, 4) is 11.4 Å². The highest BCUT2D eigenvalue weighted by Crippen LogP contribution is 2.21. The van der Waals surface area contributed by atoms with Crippen molar-refractivity contribution in [2.75, 3.05) is 31.2 Å². The van der Waals surface area contributed by atoms with Gasteiger partial charge in [0.1, 0.15) is 6.33 Å². The quantitative estimate of drug-likeness (QED) is 0.840. The van der Waals surface area contributed by atoms with Gasteiger partial charge in [0.2, 0.25) is 5.28 Å². The van der Waals surface area contributed by atoms with Gasteiger partial charge in [0.15, 0.2) is 5.82 Å². The summed E-state index contributed by atoms with van der Waals surface area (Å²) in [7, 11) is 0. The van der Waals surface area contributed by atoms with Crippen molar-refractivity contribution in [2.45, 2.75) is 0 Å². The van der Waals surface area contributed by atoms with Crippen LogP contribution in [0.3, 0.4) is 0 Å². The Morgan fingerprint density at radius 2 is 1.79 bits per heavy atom. The van der Waals surface area contributed by atoms with Crippen LogP contribution >= 0.6 is 11.6 Å². The third-order valence-corrected chi connectivity index (χ3v) is 3.23. The average Bonchev–Trinajstić information content (AvgIpc) is 2.48. The fourth-order valence-electron chi connectivity index (χ4n) is 2.06. The van der Waals surface area contributed by atoms with Crippen molar-refractivity contribution >= 4 is 17.3 Å². The molecule has 0 spiro atoms. The highest BCUT2D eigenvalue weighted by Gasteiger charge is 2.11. The molecule has 6 heteroatoms. The van der Waals surface area contributed by atoms with Gasteiger partial charge in [0.05, 0.1) is 13.2 Å². The minimum Gasteiger partial charge on any atom is -0.378 e. The number of ether oxygens (including phenoxy) is 1. The third kappa shape index (κ3) is 2.83. The topological polar surface area (TPSA) is 51.1 Å². The van der Waals surface area contributed by atoms with Gasteiger partial charge < -0.3 is 9.64 Å². The minimum absolute atomic E-state index is 0.210. The summed E-state index contributed by atoms with van der Waals surface area (Å²) in [6.45, 7) is 3.42. The van der Waals surface area contributed by atoms with Crippen LogP contribution in [0.15, 0.2) is 30.6 Å². The zero-order valence-corrected chi connectivity index (χ0v) is 11.0. The maximum Gasteiger partial charge on any atom is 0.225 e. The molecule has 0 aliphatic carbocycles. The number of morpholine rings is 1. The first-order valence-corrected chi connectivity index (χ1v) is 6.48. The van der Waals surface area contributed by atoms with Crippen molar-refractivity contribution in [1.29, 1.82) is 0 Å². The van der Waals surface area contributed by atoms with Crippen LogP contribution in [0.25, 0.3) is 11.4 Å². The Labute approximate surface area is 116 Å². The zero-order chi connectivity index (χ0) is 13.1. The lowest BCUT2D eigenvalue weighted by atomic mass is 10.2. The first-order valence-electron chi connectivity index (χ1n) is 6.10. The van der Waals surface area contributed by atoms with Crippen molar-refractivity contribution in [2.24, 2.45) is 0 Å². The molecule has 1 aromatic heterocycles. The maximum absolute atomic E-state index is 5.76. The number of nitrogens with zero attached hydrogens (tertiary/aromatic N) is 4. The van der Waals surface area contributed by atoms with E-state index in [1.165, 1.54) is 12.0 Å². The van der Waals surface area contributed by atoms with Crippen LogP contribution in [-0.2, 0) is 4.74 Å². The normalized spacial score (nSPS) is 15.5. The van der Waals surface area contributed by atoms with Crippen molar-refractivity contribution < 1.29 is 4.74 Å². The molecule has 1 saturated heterocycles. The summed E-state index contributed by atoms with van der Waals surface area (Å²) in [6.07, 6.45) is 1.42. The number of aromatic nitrogens is 3. The Bertz CT molecular complexity index is 555. The van der Waals surface area contributed by atoms with Gasteiger partial charge in [0.25, 0.3) is 0 Å². The SMILES string of the molecule is Clc1ncnc(-c2ccc(N3CCOCC3)cc2)n1. The van der Waals surface area contributed by atoms with Crippen LogP contribution in [0.1, 0.15) is 0 Å². The smallest absolute Gasteiger partial charge is 0.225 e. The van der Waals surface area contributed by atoms with Crippen molar-refractivity contribution in [3.63, 3.8) is 0 Å². The second-order valence-corrected chi connectivity index (χ2v) is 4.56. The lowest BCUT2D eigenvalue weighted by Crippen LogP contribution is -2.36. The molecule has 0 unspecified atom stereocenters. The van der Waals surface area contributed by atoms with Gasteiger partial charge in [-0.1, -0.05) is 0 Å². The molecule has 5 nitrogen and oxygen atoms in total. The predicted octanol–water partition coefficient (Wildman–Crippen LogP) is 2.03. The number of rotatable bonds is 2. The van der Waals surface area contributed by atoms with Crippen LogP contribution in [0, 0.1) is 0 Å². The largest absolute Gasteiger partial charge is 0.378 e. The van der Waals surface area contributed by atoms with E-state index in [0.29, 0.717) is 5.82 Å². The molecule has 98 valence electrons. The molecule has 0 radical (unpaired) electrons. The molecule has 3 rings (SSSR count). The van der Waals surface area contributed by atoms with Gasteiger partial charge in [-0.05, 0) is 35.9 Å². The van der Waals surface area contributed by atoms with E-state index >= 15 is 0 Å². The maximum atomic E-state index is 5.76. The Morgan fingerprint density at radius 1 is 1.05 bits per heavy atom. The summed E-state index contributed by atoms with van der Waals surface area (Å²) in [5.74, 6) is 0.591. The standard InChI is InChI=1S/C13H13ClN4O/c14-13-16-9-15-12(17-13)10-1-3-11(4-2-10)18-5-7-19-8-6-18/h1-4,9H,5-8H2. The third-order valence-electron chi connectivity index (χ3n) is 3.04. The lowest BCUT2D eigenvalue weighted by Gasteiger charge is -2.28. The van der Waals surface area contributed by atoms with E-state index < -0.39 is 0 Å². The van der Waals surface area contributed by atoms with E-state index in [2.05, 4.69) is 32.0 Å². The van der Waals surface area contributed by atoms with Crippen LogP contribution in [0.5, 0.6) is 0 Å². The Hall–Kier alpha value is -1.72. The van der Waals surface area contributed by atoms with Gasteiger partial charge in [-0.2, -0.15) is 4.98 Å². The molecule has 1 aliphatic rings. The Balaban J connectivity index is 1.82. The fraction of sp³-hybridized carbons (Fsp3) is 0.308. The molecular formula is C13H13ClN4O. The zero-order valence-electron chi connectivity index (χ0n) is 10.3. The minimum atomic E-state index is 0.210.